The van der Waals surface area contributed by atoms with Gasteiger partial charge in [0.1, 0.15) is 0 Å². The maximum Gasteiger partial charge on any atom is 0.0384 e. The minimum absolute atomic E-state index is 0.259. The van der Waals surface area contributed by atoms with Crippen LogP contribution in [0.25, 0.3) is 0 Å². The highest BCUT2D eigenvalue weighted by Gasteiger charge is 2.21. The molecule has 86 valence electrons. The Bertz CT molecular complexity index is 131. The van der Waals surface area contributed by atoms with Crippen molar-refractivity contribution < 1.29 is 0 Å². The van der Waals surface area contributed by atoms with Gasteiger partial charge in [-0.2, -0.15) is 0 Å². The van der Waals surface area contributed by atoms with E-state index in [0.717, 1.165) is 5.92 Å². The molecule has 0 radical (unpaired) electrons. The van der Waals surface area contributed by atoms with Crippen LogP contribution in [0.4, 0.5) is 0 Å². The van der Waals surface area contributed by atoms with Crippen molar-refractivity contribution in [1.82, 2.24) is 0 Å². The number of alkyl halides is 1. The molecule has 0 rings (SSSR count). The Kier molecular flexibility index (Phi) is 6.85. The van der Waals surface area contributed by atoms with E-state index < -0.39 is 0 Å². The molecule has 14 heavy (non-hydrogen) atoms. The quantitative estimate of drug-likeness (QED) is 0.535. The maximum absolute atomic E-state index is 6.33. The molecule has 0 fully saturated rings. The molecule has 0 nitrogen and oxygen atoms in total. The molecule has 0 aliphatic rings. The van der Waals surface area contributed by atoms with Crippen LogP contribution in [-0.2, 0) is 0 Å². The Labute approximate surface area is 95.4 Å². The average molecular weight is 219 g/mol. The van der Waals surface area contributed by atoms with Crippen LogP contribution in [0.2, 0.25) is 0 Å². The molecular weight excluding hydrogens is 192 g/mol. The van der Waals surface area contributed by atoms with Gasteiger partial charge in [-0.15, -0.1) is 11.6 Å². The van der Waals surface area contributed by atoms with Crippen LogP contribution in [0.1, 0.15) is 66.7 Å². The van der Waals surface area contributed by atoms with Gasteiger partial charge in [-0.3, -0.25) is 0 Å². The molecule has 1 unspecified atom stereocenters. The Balaban J connectivity index is 3.63. The molecule has 0 saturated carbocycles. The van der Waals surface area contributed by atoms with Crippen LogP contribution in [0, 0.1) is 11.3 Å². The number of hydrogen-bond acceptors (Lipinski definition) is 0. The summed E-state index contributed by atoms with van der Waals surface area (Å²) in [7, 11) is 0. The lowest BCUT2D eigenvalue weighted by Gasteiger charge is -2.25. The van der Waals surface area contributed by atoms with Crippen molar-refractivity contribution in [3.8, 4) is 0 Å². The van der Waals surface area contributed by atoms with E-state index in [1.54, 1.807) is 0 Å². The lowest BCUT2D eigenvalue weighted by atomic mass is 9.87. The molecular formula is C13H27Cl. The third-order valence-electron chi connectivity index (χ3n) is 3.16. The molecule has 1 heteroatoms. The molecule has 0 heterocycles. The van der Waals surface area contributed by atoms with Crippen molar-refractivity contribution in [1.29, 1.82) is 0 Å². The highest BCUT2D eigenvalue weighted by Crippen LogP contribution is 2.29. The van der Waals surface area contributed by atoms with Gasteiger partial charge in [0.25, 0.3) is 0 Å². The molecule has 0 aromatic rings. The summed E-state index contributed by atoms with van der Waals surface area (Å²) in [4.78, 5) is 0. The maximum atomic E-state index is 6.33. The standard InChI is InChI=1S/C13H27Cl/c1-6-11(7-2)9-8-10-12(14)13(3,4)5/h11-12H,6-10H2,1-5H3. The molecule has 0 aromatic carbocycles. The largest absolute Gasteiger partial charge is 0.122 e. The smallest absolute Gasteiger partial charge is 0.0384 e. The lowest BCUT2D eigenvalue weighted by molar-refractivity contribution is 0.350. The van der Waals surface area contributed by atoms with Crippen LogP contribution < -0.4 is 0 Å². The third kappa shape index (κ3) is 5.90. The fourth-order valence-electron chi connectivity index (χ4n) is 1.72. The normalized spacial score (nSPS) is 14.8. The van der Waals surface area contributed by atoms with Gasteiger partial charge >= 0.3 is 0 Å². The predicted octanol–water partition coefficient (Wildman–Crippen LogP) is 5.25. The predicted molar refractivity (Wildman–Crippen MR) is 67.0 cm³/mol. The van der Waals surface area contributed by atoms with Crippen LogP contribution in [0.15, 0.2) is 0 Å². The Hall–Kier alpha value is 0.290. The van der Waals surface area contributed by atoms with Gasteiger partial charge in [0.2, 0.25) is 0 Å². The number of rotatable bonds is 6. The second kappa shape index (κ2) is 6.71. The molecule has 0 amide bonds. The zero-order valence-corrected chi connectivity index (χ0v) is 11.3. The van der Waals surface area contributed by atoms with Gasteiger partial charge in [-0.25, -0.2) is 0 Å². The van der Waals surface area contributed by atoms with Crippen LogP contribution in [0.5, 0.6) is 0 Å². The zero-order chi connectivity index (χ0) is 11.2. The SMILES string of the molecule is CCC(CC)CCCC(Cl)C(C)(C)C. The van der Waals surface area contributed by atoms with Gasteiger partial charge in [0.05, 0.1) is 0 Å². The van der Waals surface area contributed by atoms with E-state index in [0.29, 0.717) is 5.38 Å². The summed E-state index contributed by atoms with van der Waals surface area (Å²) in [6, 6.07) is 0. The van der Waals surface area contributed by atoms with Gasteiger partial charge < -0.3 is 0 Å². The summed E-state index contributed by atoms with van der Waals surface area (Å²) in [5.41, 5.74) is 0.259. The van der Waals surface area contributed by atoms with Crippen molar-refractivity contribution in [2.45, 2.75) is 72.1 Å². The molecule has 0 aliphatic heterocycles. The van der Waals surface area contributed by atoms with Crippen LogP contribution >= 0.6 is 11.6 Å². The average Bonchev–Trinajstić information content (AvgIpc) is 2.10. The Morgan fingerprint density at radius 1 is 1.00 bits per heavy atom. The zero-order valence-electron chi connectivity index (χ0n) is 10.6. The second-order valence-electron chi connectivity index (χ2n) is 5.45. The first-order valence-corrected chi connectivity index (χ1v) is 6.49. The van der Waals surface area contributed by atoms with Gasteiger partial charge in [-0.05, 0) is 17.8 Å². The summed E-state index contributed by atoms with van der Waals surface area (Å²) >= 11 is 6.33. The molecule has 0 N–H and O–H groups in total. The van der Waals surface area contributed by atoms with Gasteiger partial charge in [0.15, 0.2) is 0 Å². The van der Waals surface area contributed by atoms with E-state index in [1.165, 1.54) is 32.1 Å². The molecule has 0 saturated heterocycles. The van der Waals surface area contributed by atoms with Crippen molar-refractivity contribution in [3.63, 3.8) is 0 Å². The first kappa shape index (κ1) is 14.3. The lowest BCUT2D eigenvalue weighted by Crippen LogP contribution is -2.20. The summed E-state index contributed by atoms with van der Waals surface area (Å²) in [6.45, 7) is 11.2. The minimum atomic E-state index is 0.259. The monoisotopic (exact) mass is 218 g/mol. The minimum Gasteiger partial charge on any atom is -0.122 e. The van der Waals surface area contributed by atoms with Gasteiger partial charge in [0, 0.05) is 5.38 Å². The third-order valence-corrected chi connectivity index (χ3v) is 4.04. The molecule has 0 aliphatic carbocycles. The van der Waals surface area contributed by atoms with Crippen LogP contribution in [0.3, 0.4) is 0 Å². The van der Waals surface area contributed by atoms with E-state index in [1.807, 2.05) is 0 Å². The molecule has 0 bridgehead atoms. The van der Waals surface area contributed by atoms with E-state index >= 15 is 0 Å². The summed E-state index contributed by atoms with van der Waals surface area (Å²) < 4.78 is 0. The Morgan fingerprint density at radius 2 is 1.50 bits per heavy atom. The van der Waals surface area contributed by atoms with Crippen LogP contribution in [-0.4, -0.2) is 5.38 Å². The first-order valence-electron chi connectivity index (χ1n) is 6.05. The topological polar surface area (TPSA) is 0 Å². The van der Waals surface area contributed by atoms with Gasteiger partial charge in [-0.1, -0.05) is 60.3 Å². The summed E-state index contributed by atoms with van der Waals surface area (Å²) in [5.74, 6) is 0.916. The summed E-state index contributed by atoms with van der Waals surface area (Å²) in [5, 5.41) is 0.330. The number of halogens is 1. The van der Waals surface area contributed by atoms with Crippen molar-refractivity contribution in [2.75, 3.05) is 0 Å². The second-order valence-corrected chi connectivity index (χ2v) is 5.97. The fourth-order valence-corrected chi connectivity index (χ4v) is 1.87. The van der Waals surface area contributed by atoms with E-state index in [2.05, 4.69) is 34.6 Å². The first-order chi connectivity index (χ1) is 6.41. The van der Waals surface area contributed by atoms with E-state index in [4.69, 9.17) is 11.6 Å². The molecule has 1 atom stereocenters. The highest BCUT2D eigenvalue weighted by atomic mass is 35.5. The van der Waals surface area contributed by atoms with Crippen molar-refractivity contribution >= 4 is 11.6 Å². The molecule has 0 aromatic heterocycles. The number of hydrogen-bond donors (Lipinski definition) is 0. The fraction of sp³-hybridized carbons (Fsp3) is 1.00. The van der Waals surface area contributed by atoms with Crippen molar-refractivity contribution in [2.24, 2.45) is 11.3 Å². The van der Waals surface area contributed by atoms with Crippen molar-refractivity contribution in [3.05, 3.63) is 0 Å². The highest BCUT2D eigenvalue weighted by molar-refractivity contribution is 6.21. The molecule has 0 spiro atoms. The van der Waals surface area contributed by atoms with E-state index in [-0.39, 0.29) is 5.41 Å². The summed E-state index contributed by atoms with van der Waals surface area (Å²) in [6.07, 6.45) is 6.45. The van der Waals surface area contributed by atoms with E-state index in [9.17, 15) is 0 Å². The Morgan fingerprint density at radius 3 is 1.86 bits per heavy atom.